The molecule has 100 valence electrons. The van der Waals surface area contributed by atoms with Crippen LogP contribution in [0, 0.1) is 6.92 Å². The predicted octanol–water partition coefficient (Wildman–Crippen LogP) is 3.09. The molecule has 0 fully saturated rings. The minimum atomic E-state index is -0.915. The van der Waals surface area contributed by atoms with Crippen LogP contribution in [0.15, 0.2) is 48.8 Å². The van der Waals surface area contributed by atoms with E-state index in [0.717, 1.165) is 22.0 Å². The molecule has 2 aromatic heterocycles. The molecule has 3 rings (SSSR count). The normalized spacial score (nSPS) is 10.8. The van der Waals surface area contributed by atoms with Crippen molar-refractivity contribution in [3.63, 3.8) is 0 Å². The minimum absolute atomic E-state index is 0.299. The largest absolute Gasteiger partial charge is 0.477 e. The number of nitrogens with zero attached hydrogens (tertiary/aromatic N) is 2. The van der Waals surface area contributed by atoms with Crippen LogP contribution in [0.3, 0.4) is 0 Å². The summed E-state index contributed by atoms with van der Waals surface area (Å²) in [6, 6.07) is 11.4. The lowest BCUT2D eigenvalue weighted by atomic mass is 10.2. The van der Waals surface area contributed by atoms with Crippen LogP contribution in [0.25, 0.3) is 10.9 Å². The molecule has 3 aromatic rings. The monoisotopic (exact) mass is 266 g/mol. The lowest BCUT2D eigenvalue weighted by Crippen LogP contribution is -2.09. The Hall–Kier alpha value is -2.62. The quantitative estimate of drug-likeness (QED) is 0.792. The number of rotatable bonds is 3. The van der Waals surface area contributed by atoms with Gasteiger partial charge in [-0.15, -0.1) is 0 Å². The summed E-state index contributed by atoms with van der Waals surface area (Å²) in [7, 11) is 0. The number of carboxylic acid groups (broad SMARTS) is 1. The zero-order valence-electron chi connectivity index (χ0n) is 11.1. The van der Waals surface area contributed by atoms with Crippen molar-refractivity contribution in [2.24, 2.45) is 0 Å². The first-order valence-electron chi connectivity index (χ1n) is 6.37. The molecule has 0 saturated heterocycles. The molecule has 0 unspecified atom stereocenters. The number of para-hydroxylation sites is 1. The summed E-state index contributed by atoms with van der Waals surface area (Å²) in [6.07, 6.45) is 3.56. The third-order valence-electron chi connectivity index (χ3n) is 3.30. The number of carbonyl (C=O) groups is 1. The SMILES string of the molecule is Cc1cncc(Cn2c(C(=O)O)cc3ccccc32)c1. The highest BCUT2D eigenvalue weighted by Crippen LogP contribution is 2.21. The minimum Gasteiger partial charge on any atom is -0.477 e. The van der Waals surface area contributed by atoms with E-state index < -0.39 is 5.97 Å². The molecule has 0 aliphatic carbocycles. The number of hydrogen-bond donors (Lipinski definition) is 1. The zero-order valence-corrected chi connectivity index (χ0v) is 11.1. The lowest BCUT2D eigenvalue weighted by molar-refractivity contribution is 0.0686. The van der Waals surface area contributed by atoms with Crippen molar-refractivity contribution in [2.75, 3.05) is 0 Å². The van der Waals surface area contributed by atoms with Crippen molar-refractivity contribution in [1.29, 1.82) is 0 Å². The molecule has 2 heterocycles. The lowest BCUT2D eigenvalue weighted by Gasteiger charge is -2.08. The molecule has 0 spiro atoms. The number of aromatic nitrogens is 2. The van der Waals surface area contributed by atoms with E-state index in [4.69, 9.17) is 0 Å². The summed E-state index contributed by atoms with van der Waals surface area (Å²) < 4.78 is 1.81. The van der Waals surface area contributed by atoms with Gasteiger partial charge in [-0.1, -0.05) is 24.3 Å². The first-order chi connectivity index (χ1) is 9.65. The van der Waals surface area contributed by atoms with Crippen LogP contribution in [0.5, 0.6) is 0 Å². The van der Waals surface area contributed by atoms with Crippen LogP contribution in [-0.4, -0.2) is 20.6 Å². The summed E-state index contributed by atoms with van der Waals surface area (Å²) >= 11 is 0. The van der Waals surface area contributed by atoms with Gasteiger partial charge in [-0.3, -0.25) is 4.98 Å². The van der Waals surface area contributed by atoms with Gasteiger partial charge >= 0.3 is 5.97 Å². The fraction of sp³-hybridized carbons (Fsp3) is 0.125. The van der Waals surface area contributed by atoms with Crippen molar-refractivity contribution < 1.29 is 9.90 Å². The van der Waals surface area contributed by atoms with E-state index in [1.165, 1.54) is 0 Å². The number of hydrogen-bond acceptors (Lipinski definition) is 2. The number of carboxylic acids is 1. The van der Waals surface area contributed by atoms with Crippen molar-refractivity contribution in [3.05, 3.63) is 65.6 Å². The van der Waals surface area contributed by atoms with Gasteiger partial charge in [-0.2, -0.15) is 0 Å². The predicted molar refractivity (Wildman–Crippen MR) is 77.0 cm³/mol. The van der Waals surface area contributed by atoms with Gasteiger partial charge in [0.15, 0.2) is 0 Å². The van der Waals surface area contributed by atoms with Crippen LogP contribution in [-0.2, 0) is 6.54 Å². The van der Waals surface area contributed by atoms with Crippen LogP contribution in [0.1, 0.15) is 21.6 Å². The Kier molecular flexibility index (Phi) is 2.99. The molecule has 4 heteroatoms. The van der Waals surface area contributed by atoms with Crippen LogP contribution >= 0.6 is 0 Å². The summed E-state index contributed by atoms with van der Waals surface area (Å²) in [5.74, 6) is -0.915. The maximum atomic E-state index is 11.4. The molecular weight excluding hydrogens is 252 g/mol. The molecule has 4 nitrogen and oxygen atoms in total. The molecule has 0 radical (unpaired) electrons. The maximum absolute atomic E-state index is 11.4. The molecule has 0 saturated carbocycles. The van der Waals surface area contributed by atoms with E-state index >= 15 is 0 Å². The van der Waals surface area contributed by atoms with Crippen LogP contribution < -0.4 is 0 Å². The second-order valence-electron chi connectivity index (χ2n) is 4.85. The Balaban J connectivity index is 2.14. The van der Waals surface area contributed by atoms with Gasteiger partial charge in [0.1, 0.15) is 5.69 Å². The first-order valence-corrected chi connectivity index (χ1v) is 6.37. The summed E-state index contributed by atoms with van der Waals surface area (Å²) in [5.41, 5.74) is 3.28. The van der Waals surface area contributed by atoms with Crippen LogP contribution in [0.2, 0.25) is 0 Å². The van der Waals surface area contributed by atoms with E-state index in [1.54, 1.807) is 18.5 Å². The van der Waals surface area contributed by atoms with Gasteiger partial charge in [-0.25, -0.2) is 4.79 Å². The first kappa shape index (κ1) is 12.4. The van der Waals surface area contributed by atoms with Gasteiger partial charge in [0.25, 0.3) is 0 Å². The molecule has 1 N–H and O–H groups in total. The molecule has 0 aliphatic heterocycles. The molecule has 0 bridgehead atoms. The molecule has 0 aliphatic rings. The molecule has 0 atom stereocenters. The number of fused-ring (bicyclic) bond motifs is 1. The van der Waals surface area contributed by atoms with Gasteiger partial charge in [-0.05, 0) is 30.2 Å². The Bertz CT molecular complexity index is 790. The van der Waals surface area contributed by atoms with Crippen molar-refractivity contribution in [2.45, 2.75) is 13.5 Å². The van der Waals surface area contributed by atoms with E-state index in [0.29, 0.717) is 12.2 Å². The average Bonchev–Trinajstić information content (AvgIpc) is 2.78. The zero-order chi connectivity index (χ0) is 14.1. The molecular formula is C16H14N2O2. The third-order valence-corrected chi connectivity index (χ3v) is 3.30. The topological polar surface area (TPSA) is 55.1 Å². The number of aromatic carboxylic acids is 1. The fourth-order valence-electron chi connectivity index (χ4n) is 2.44. The van der Waals surface area contributed by atoms with Gasteiger partial charge < -0.3 is 9.67 Å². The molecule has 1 aromatic carbocycles. The fourth-order valence-corrected chi connectivity index (χ4v) is 2.44. The smallest absolute Gasteiger partial charge is 0.352 e. The maximum Gasteiger partial charge on any atom is 0.352 e. The Morgan fingerprint density at radius 3 is 2.80 bits per heavy atom. The summed E-state index contributed by atoms with van der Waals surface area (Å²) in [6.45, 7) is 2.48. The van der Waals surface area contributed by atoms with Gasteiger partial charge in [0.05, 0.1) is 0 Å². The highest BCUT2D eigenvalue weighted by molar-refractivity contribution is 5.94. The summed E-state index contributed by atoms with van der Waals surface area (Å²) in [5, 5.41) is 10.3. The third kappa shape index (κ3) is 2.16. The van der Waals surface area contributed by atoms with Crippen molar-refractivity contribution in [1.82, 2.24) is 9.55 Å². The second-order valence-corrected chi connectivity index (χ2v) is 4.85. The van der Waals surface area contributed by atoms with Gasteiger partial charge in [0.2, 0.25) is 0 Å². The Labute approximate surface area is 116 Å². The summed E-state index contributed by atoms with van der Waals surface area (Å²) in [4.78, 5) is 15.6. The van der Waals surface area contributed by atoms with Gasteiger partial charge in [0, 0.05) is 29.8 Å². The standard InChI is InChI=1S/C16H14N2O2/c1-11-6-12(9-17-8-11)10-18-14-5-3-2-4-13(14)7-15(18)16(19)20/h2-9H,10H2,1H3,(H,19,20). The molecule has 20 heavy (non-hydrogen) atoms. The van der Waals surface area contributed by atoms with E-state index in [1.807, 2.05) is 41.8 Å². The van der Waals surface area contributed by atoms with E-state index in [2.05, 4.69) is 4.98 Å². The van der Waals surface area contributed by atoms with Crippen molar-refractivity contribution >= 4 is 16.9 Å². The van der Waals surface area contributed by atoms with Crippen molar-refractivity contribution in [3.8, 4) is 0 Å². The second kappa shape index (κ2) is 4.81. The Morgan fingerprint density at radius 2 is 2.05 bits per heavy atom. The van der Waals surface area contributed by atoms with E-state index in [-0.39, 0.29) is 0 Å². The Morgan fingerprint density at radius 1 is 1.25 bits per heavy atom. The number of aryl methyl sites for hydroxylation is 1. The van der Waals surface area contributed by atoms with Crippen LogP contribution in [0.4, 0.5) is 0 Å². The average molecular weight is 266 g/mol. The molecule has 0 amide bonds. The highest BCUT2D eigenvalue weighted by atomic mass is 16.4. The number of benzene rings is 1. The highest BCUT2D eigenvalue weighted by Gasteiger charge is 2.14. The van der Waals surface area contributed by atoms with E-state index in [9.17, 15) is 9.90 Å². The number of pyridine rings is 1.